The van der Waals surface area contributed by atoms with Crippen molar-refractivity contribution in [3.63, 3.8) is 0 Å². The molecule has 1 aromatic heterocycles. The Morgan fingerprint density at radius 1 is 1.00 bits per heavy atom. The second kappa shape index (κ2) is 10.0. The molecule has 154 valence electrons. The summed E-state index contributed by atoms with van der Waals surface area (Å²) in [5.74, 6) is -0.604. The first-order valence-electron chi connectivity index (χ1n) is 9.97. The third kappa shape index (κ3) is 5.45. The van der Waals surface area contributed by atoms with Crippen LogP contribution in [0.15, 0.2) is 71.7 Å². The molecule has 1 atom stereocenters. The third-order valence-electron chi connectivity index (χ3n) is 4.91. The minimum atomic E-state index is -0.308. The minimum Gasteiger partial charge on any atom is -0.344 e. The zero-order valence-electron chi connectivity index (χ0n) is 17.4. The van der Waals surface area contributed by atoms with Gasteiger partial charge >= 0.3 is 0 Å². The van der Waals surface area contributed by atoms with Gasteiger partial charge in [-0.25, -0.2) is 0 Å². The van der Waals surface area contributed by atoms with Gasteiger partial charge in [-0.3, -0.25) is 9.59 Å². The fourth-order valence-electron chi connectivity index (χ4n) is 3.15. The summed E-state index contributed by atoms with van der Waals surface area (Å²) < 4.78 is 0. The molecule has 0 fully saturated rings. The van der Waals surface area contributed by atoms with Crippen LogP contribution in [-0.4, -0.2) is 11.8 Å². The molecule has 2 N–H and O–H groups in total. The van der Waals surface area contributed by atoms with Crippen LogP contribution < -0.4 is 10.6 Å². The highest BCUT2D eigenvalue weighted by Gasteiger charge is 2.19. The molecular formula is C25H26N2O2S. The maximum Gasteiger partial charge on any atom is 0.268 e. The predicted octanol–water partition coefficient (Wildman–Crippen LogP) is 5.40. The van der Waals surface area contributed by atoms with Crippen molar-refractivity contribution in [2.75, 3.05) is 0 Å². The van der Waals surface area contributed by atoms with E-state index < -0.39 is 0 Å². The molecule has 3 rings (SSSR count). The molecule has 1 heterocycles. The average molecular weight is 419 g/mol. The molecule has 3 aromatic rings. The highest BCUT2D eigenvalue weighted by molar-refractivity contribution is 7.10. The number of thiophene rings is 1. The van der Waals surface area contributed by atoms with Gasteiger partial charge in [-0.15, -0.1) is 11.3 Å². The van der Waals surface area contributed by atoms with Crippen molar-refractivity contribution >= 4 is 29.2 Å². The smallest absolute Gasteiger partial charge is 0.268 e. The molecule has 0 radical (unpaired) electrons. The lowest BCUT2D eigenvalue weighted by atomic mass is 10.0. The van der Waals surface area contributed by atoms with E-state index in [1.165, 1.54) is 16.9 Å². The average Bonchev–Trinajstić information content (AvgIpc) is 3.25. The first-order chi connectivity index (χ1) is 14.5. The highest BCUT2D eigenvalue weighted by Crippen LogP contribution is 2.19. The monoisotopic (exact) mass is 418 g/mol. The summed E-state index contributed by atoms with van der Waals surface area (Å²) in [6.07, 6.45) is 2.46. The van der Waals surface area contributed by atoms with Crippen LogP contribution in [0.3, 0.4) is 0 Å². The van der Waals surface area contributed by atoms with Crippen molar-refractivity contribution in [3.8, 4) is 0 Å². The molecule has 0 saturated heterocycles. The zero-order valence-corrected chi connectivity index (χ0v) is 18.3. The molecule has 0 saturated carbocycles. The van der Waals surface area contributed by atoms with Gasteiger partial charge in [0.25, 0.3) is 11.8 Å². The van der Waals surface area contributed by atoms with Crippen LogP contribution >= 0.6 is 11.3 Å². The van der Waals surface area contributed by atoms with Crippen molar-refractivity contribution < 1.29 is 9.59 Å². The molecular weight excluding hydrogens is 392 g/mol. The van der Waals surface area contributed by atoms with Crippen LogP contribution in [-0.2, 0) is 4.79 Å². The van der Waals surface area contributed by atoms with Crippen molar-refractivity contribution in [1.82, 2.24) is 10.6 Å². The van der Waals surface area contributed by atoms with Crippen LogP contribution in [0.2, 0.25) is 0 Å². The van der Waals surface area contributed by atoms with Crippen molar-refractivity contribution in [3.05, 3.63) is 98.9 Å². The summed E-state index contributed by atoms with van der Waals surface area (Å²) in [5.41, 5.74) is 3.85. The lowest BCUT2D eigenvalue weighted by Crippen LogP contribution is -2.37. The molecule has 0 spiro atoms. The van der Waals surface area contributed by atoms with E-state index >= 15 is 0 Å². The summed E-state index contributed by atoms with van der Waals surface area (Å²) in [5, 5.41) is 7.82. The SMILES string of the molecule is CC[C@@H](NC(=O)/C(=C/c1cccs1)NC(=O)c1ccccc1C)c1ccc(C)cc1. The van der Waals surface area contributed by atoms with Gasteiger partial charge in [0.15, 0.2) is 0 Å². The summed E-state index contributed by atoms with van der Waals surface area (Å²) in [6, 6.07) is 19.1. The number of benzene rings is 2. The van der Waals surface area contributed by atoms with Gasteiger partial charge in [0.2, 0.25) is 0 Å². The third-order valence-corrected chi connectivity index (χ3v) is 5.72. The fourth-order valence-corrected chi connectivity index (χ4v) is 3.80. The largest absolute Gasteiger partial charge is 0.344 e. The molecule has 30 heavy (non-hydrogen) atoms. The number of aryl methyl sites for hydroxylation is 2. The number of rotatable bonds is 7. The van der Waals surface area contributed by atoms with E-state index in [9.17, 15) is 9.59 Å². The van der Waals surface area contributed by atoms with Crippen molar-refractivity contribution in [1.29, 1.82) is 0 Å². The van der Waals surface area contributed by atoms with Gasteiger partial charge in [0.1, 0.15) is 5.70 Å². The second-order valence-corrected chi connectivity index (χ2v) is 8.17. The van der Waals surface area contributed by atoms with E-state index in [0.29, 0.717) is 5.56 Å². The maximum atomic E-state index is 13.1. The Labute approximate surface area is 181 Å². The van der Waals surface area contributed by atoms with E-state index in [1.54, 1.807) is 12.1 Å². The van der Waals surface area contributed by atoms with Gasteiger partial charge in [-0.05, 0) is 55.0 Å². The van der Waals surface area contributed by atoms with E-state index in [2.05, 4.69) is 10.6 Å². The van der Waals surface area contributed by atoms with E-state index in [0.717, 1.165) is 22.4 Å². The summed E-state index contributed by atoms with van der Waals surface area (Å²) >= 11 is 1.51. The molecule has 5 heteroatoms. The Bertz CT molecular complexity index is 1040. The maximum absolute atomic E-state index is 13.1. The van der Waals surface area contributed by atoms with Crippen molar-refractivity contribution in [2.45, 2.75) is 33.2 Å². The zero-order chi connectivity index (χ0) is 21.5. The predicted molar refractivity (Wildman–Crippen MR) is 123 cm³/mol. The molecule has 0 aliphatic carbocycles. The Hall–Kier alpha value is -3.18. The lowest BCUT2D eigenvalue weighted by molar-refractivity contribution is -0.118. The normalized spacial score (nSPS) is 12.3. The van der Waals surface area contributed by atoms with Crippen LogP contribution in [0.4, 0.5) is 0 Å². The van der Waals surface area contributed by atoms with Crippen molar-refractivity contribution in [2.24, 2.45) is 0 Å². The van der Waals surface area contributed by atoms with Gasteiger partial charge in [-0.2, -0.15) is 0 Å². The topological polar surface area (TPSA) is 58.2 Å². The van der Waals surface area contributed by atoms with Gasteiger partial charge in [0, 0.05) is 10.4 Å². The molecule has 0 bridgehead atoms. The number of nitrogens with one attached hydrogen (secondary N) is 2. The highest BCUT2D eigenvalue weighted by atomic mass is 32.1. The minimum absolute atomic E-state index is 0.139. The fraction of sp³-hybridized carbons (Fsp3) is 0.200. The van der Waals surface area contributed by atoms with E-state index in [-0.39, 0.29) is 23.6 Å². The first kappa shape index (κ1) is 21.5. The molecule has 2 aromatic carbocycles. The summed E-state index contributed by atoms with van der Waals surface area (Å²) in [6.45, 7) is 5.94. The lowest BCUT2D eigenvalue weighted by Gasteiger charge is -2.19. The number of amides is 2. The number of carbonyl (C=O) groups excluding carboxylic acids is 2. The molecule has 0 unspecified atom stereocenters. The van der Waals surface area contributed by atoms with Gasteiger partial charge < -0.3 is 10.6 Å². The first-order valence-corrected chi connectivity index (χ1v) is 10.9. The summed E-state index contributed by atoms with van der Waals surface area (Å²) in [7, 11) is 0. The Morgan fingerprint density at radius 2 is 1.73 bits per heavy atom. The van der Waals surface area contributed by atoms with Crippen LogP contribution in [0, 0.1) is 13.8 Å². The van der Waals surface area contributed by atoms with Gasteiger partial charge in [0.05, 0.1) is 6.04 Å². The number of hydrogen-bond donors (Lipinski definition) is 2. The van der Waals surface area contributed by atoms with E-state index in [1.807, 2.05) is 80.7 Å². The van der Waals surface area contributed by atoms with Crippen LogP contribution in [0.5, 0.6) is 0 Å². The van der Waals surface area contributed by atoms with Crippen LogP contribution in [0.1, 0.15) is 51.3 Å². The van der Waals surface area contributed by atoms with Gasteiger partial charge in [-0.1, -0.05) is 61.0 Å². The second-order valence-electron chi connectivity index (χ2n) is 7.19. The van der Waals surface area contributed by atoms with Crippen LogP contribution in [0.25, 0.3) is 6.08 Å². The Morgan fingerprint density at radius 3 is 2.37 bits per heavy atom. The summed E-state index contributed by atoms with van der Waals surface area (Å²) in [4.78, 5) is 26.9. The number of carbonyl (C=O) groups is 2. The Kier molecular flexibility index (Phi) is 7.20. The van der Waals surface area contributed by atoms with E-state index in [4.69, 9.17) is 0 Å². The Balaban J connectivity index is 1.84. The quantitative estimate of drug-likeness (QED) is 0.505. The molecule has 0 aliphatic rings. The standard InChI is InChI=1S/C25H26N2O2S/c1-4-22(19-13-11-17(2)12-14-19)26-25(29)23(16-20-9-7-15-30-20)27-24(28)21-10-6-5-8-18(21)3/h5-16,22H,4H2,1-3H3,(H,26,29)(H,27,28)/b23-16-/t22-/m1/s1. The molecule has 4 nitrogen and oxygen atoms in total. The molecule has 0 aliphatic heterocycles. The molecule has 2 amide bonds. The number of hydrogen-bond acceptors (Lipinski definition) is 3.